The third-order valence-electron chi connectivity index (χ3n) is 3.71. The number of ketones is 1. The maximum Gasteiger partial charge on any atom is 0.139 e. The smallest absolute Gasteiger partial charge is 0.139 e. The molecule has 2 rings (SSSR count). The molecule has 18 heavy (non-hydrogen) atoms. The minimum atomic E-state index is 0.155. The lowest BCUT2D eigenvalue weighted by Crippen LogP contribution is -2.39. The van der Waals surface area contributed by atoms with Gasteiger partial charge >= 0.3 is 0 Å². The van der Waals surface area contributed by atoms with Crippen LogP contribution in [0.2, 0.25) is 0 Å². The molecule has 1 aromatic rings. The van der Waals surface area contributed by atoms with Crippen molar-refractivity contribution in [3.8, 4) is 0 Å². The number of Topliss-reactive ketones (excluding diaryl/α,β-unsaturated/α-hetero) is 1. The Balaban J connectivity index is 2.24. The van der Waals surface area contributed by atoms with Gasteiger partial charge in [0.25, 0.3) is 0 Å². The average molecular weight is 246 g/mol. The van der Waals surface area contributed by atoms with E-state index < -0.39 is 0 Å². The fourth-order valence-electron chi connectivity index (χ4n) is 2.53. The van der Waals surface area contributed by atoms with E-state index in [2.05, 4.69) is 49.0 Å². The fraction of sp³-hybridized carbons (Fsp3) is 0.533. The number of carbonyl (C=O) groups is 1. The van der Waals surface area contributed by atoms with Crippen molar-refractivity contribution in [3.05, 3.63) is 23.8 Å². The molecule has 1 atom stereocenters. The molecule has 1 unspecified atom stereocenters. The Bertz CT molecular complexity index is 454. The summed E-state index contributed by atoms with van der Waals surface area (Å²) in [6, 6.07) is 6.54. The predicted molar refractivity (Wildman–Crippen MR) is 76.5 cm³/mol. The molecule has 98 valence electrons. The van der Waals surface area contributed by atoms with Crippen LogP contribution in [0.3, 0.4) is 0 Å². The summed E-state index contributed by atoms with van der Waals surface area (Å²) >= 11 is 0. The zero-order valence-corrected chi connectivity index (χ0v) is 11.7. The third kappa shape index (κ3) is 2.50. The van der Waals surface area contributed by atoms with E-state index in [1.807, 2.05) is 6.92 Å². The monoisotopic (exact) mass is 246 g/mol. The van der Waals surface area contributed by atoms with E-state index in [9.17, 15) is 4.79 Å². The van der Waals surface area contributed by atoms with E-state index in [0.717, 1.165) is 13.1 Å². The van der Waals surface area contributed by atoms with Crippen molar-refractivity contribution >= 4 is 17.2 Å². The van der Waals surface area contributed by atoms with Gasteiger partial charge in [0.1, 0.15) is 5.78 Å². The standard InChI is InChI=1S/C15H22N2O/c1-11-5-6-13(9-14(11)16(3)4)17-8-7-15(18)12(2)10-17/h5-6,9,12H,7-8,10H2,1-4H3. The van der Waals surface area contributed by atoms with Crippen LogP contribution in [-0.2, 0) is 4.79 Å². The first-order chi connectivity index (χ1) is 8.49. The van der Waals surface area contributed by atoms with Gasteiger partial charge in [-0.2, -0.15) is 0 Å². The number of rotatable bonds is 2. The fourth-order valence-corrected chi connectivity index (χ4v) is 2.53. The van der Waals surface area contributed by atoms with Crippen molar-refractivity contribution in [1.29, 1.82) is 0 Å². The molecule has 1 aromatic carbocycles. The van der Waals surface area contributed by atoms with Crippen LogP contribution in [0.15, 0.2) is 18.2 Å². The van der Waals surface area contributed by atoms with Crippen molar-refractivity contribution in [2.45, 2.75) is 20.3 Å². The molecule has 1 fully saturated rings. The number of hydrogen-bond donors (Lipinski definition) is 0. The van der Waals surface area contributed by atoms with Gasteiger partial charge in [-0.1, -0.05) is 13.0 Å². The molecule has 0 spiro atoms. The number of aryl methyl sites for hydroxylation is 1. The van der Waals surface area contributed by atoms with Crippen molar-refractivity contribution in [3.63, 3.8) is 0 Å². The van der Waals surface area contributed by atoms with E-state index in [4.69, 9.17) is 0 Å². The van der Waals surface area contributed by atoms with Gasteiger partial charge in [-0.15, -0.1) is 0 Å². The van der Waals surface area contributed by atoms with Gasteiger partial charge in [0.15, 0.2) is 0 Å². The van der Waals surface area contributed by atoms with E-state index in [1.165, 1.54) is 16.9 Å². The van der Waals surface area contributed by atoms with Crippen LogP contribution in [0.5, 0.6) is 0 Å². The van der Waals surface area contributed by atoms with Crippen molar-refractivity contribution in [2.24, 2.45) is 5.92 Å². The molecular formula is C15H22N2O. The molecule has 0 aromatic heterocycles. The lowest BCUT2D eigenvalue weighted by atomic mass is 9.98. The van der Waals surface area contributed by atoms with Gasteiger partial charge in [-0.3, -0.25) is 4.79 Å². The van der Waals surface area contributed by atoms with Crippen LogP contribution in [0, 0.1) is 12.8 Å². The summed E-state index contributed by atoms with van der Waals surface area (Å²) < 4.78 is 0. The van der Waals surface area contributed by atoms with Crippen molar-refractivity contribution < 1.29 is 4.79 Å². The lowest BCUT2D eigenvalue weighted by molar-refractivity contribution is -0.122. The van der Waals surface area contributed by atoms with Crippen LogP contribution in [0.1, 0.15) is 18.9 Å². The number of hydrogen-bond acceptors (Lipinski definition) is 3. The molecular weight excluding hydrogens is 224 g/mol. The Kier molecular flexibility index (Phi) is 3.60. The normalized spacial score (nSPS) is 20.1. The molecule has 0 aliphatic carbocycles. The summed E-state index contributed by atoms with van der Waals surface area (Å²) in [4.78, 5) is 16.0. The topological polar surface area (TPSA) is 23.6 Å². The Hall–Kier alpha value is -1.51. The van der Waals surface area contributed by atoms with E-state index >= 15 is 0 Å². The molecule has 0 radical (unpaired) electrons. The second-order valence-electron chi connectivity index (χ2n) is 5.43. The highest BCUT2D eigenvalue weighted by Crippen LogP contribution is 2.27. The molecule has 0 saturated carbocycles. The minimum absolute atomic E-state index is 0.155. The summed E-state index contributed by atoms with van der Waals surface area (Å²) in [5.41, 5.74) is 3.76. The van der Waals surface area contributed by atoms with Gasteiger partial charge in [0.05, 0.1) is 0 Å². The zero-order chi connectivity index (χ0) is 13.3. The Morgan fingerprint density at radius 1 is 1.33 bits per heavy atom. The van der Waals surface area contributed by atoms with Gasteiger partial charge in [-0.25, -0.2) is 0 Å². The molecule has 0 bridgehead atoms. The highest BCUT2D eigenvalue weighted by Gasteiger charge is 2.23. The SMILES string of the molecule is Cc1ccc(N2CCC(=O)C(C)C2)cc1N(C)C. The molecule has 1 saturated heterocycles. The number of carbonyl (C=O) groups excluding carboxylic acids is 1. The summed E-state index contributed by atoms with van der Waals surface area (Å²) in [5.74, 6) is 0.550. The maximum absolute atomic E-state index is 11.6. The first-order valence-corrected chi connectivity index (χ1v) is 6.54. The highest BCUT2D eigenvalue weighted by atomic mass is 16.1. The molecule has 1 heterocycles. The Labute approximate surface area is 109 Å². The predicted octanol–water partition coefficient (Wildman–Crippen LogP) is 2.48. The molecule has 0 amide bonds. The second-order valence-corrected chi connectivity index (χ2v) is 5.43. The third-order valence-corrected chi connectivity index (χ3v) is 3.71. The Morgan fingerprint density at radius 3 is 2.67 bits per heavy atom. The van der Waals surface area contributed by atoms with Gasteiger partial charge in [0.2, 0.25) is 0 Å². The average Bonchev–Trinajstić information content (AvgIpc) is 2.33. The number of benzene rings is 1. The number of piperidine rings is 1. The van der Waals surface area contributed by atoms with Gasteiger partial charge in [-0.05, 0) is 24.6 Å². The molecule has 0 N–H and O–H groups in total. The van der Waals surface area contributed by atoms with Gasteiger partial charge in [0, 0.05) is 50.9 Å². The van der Waals surface area contributed by atoms with Crippen molar-refractivity contribution in [1.82, 2.24) is 0 Å². The maximum atomic E-state index is 11.6. The quantitative estimate of drug-likeness (QED) is 0.801. The van der Waals surface area contributed by atoms with Crippen molar-refractivity contribution in [2.75, 3.05) is 37.0 Å². The van der Waals surface area contributed by atoms with Crippen LogP contribution < -0.4 is 9.80 Å². The van der Waals surface area contributed by atoms with E-state index in [0.29, 0.717) is 12.2 Å². The Morgan fingerprint density at radius 2 is 2.06 bits per heavy atom. The molecule has 3 nitrogen and oxygen atoms in total. The molecule has 3 heteroatoms. The largest absolute Gasteiger partial charge is 0.377 e. The number of nitrogens with zero attached hydrogens (tertiary/aromatic N) is 2. The molecule has 1 aliphatic rings. The van der Waals surface area contributed by atoms with Crippen LogP contribution >= 0.6 is 0 Å². The van der Waals surface area contributed by atoms with E-state index in [-0.39, 0.29) is 5.92 Å². The van der Waals surface area contributed by atoms with Crippen LogP contribution in [0.25, 0.3) is 0 Å². The van der Waals surface area contributed by atoms with E-state index in [1.54, 1.807) is 0 Å². The summed E-state index contributed by atoms with van der Waals surface area (Å²) in [6.07, 6.45) is 0.673. The summed E-state index contributed by atoms with van der Waals surface area (Å²) in [7, 11) is 4.13. The first-order valence-electron chi connectivity index (χ1n) is 6.54. The zero-order valence-electron chi connectivity index (χ0n) is 11.7. The second kappa shape index (κ2) is 5.01. The molecule has 1 aliphatic heterocycles. The summed E-state index contributed by atoms with van der Waals surface area (Å²) in [6.45, 7) is 5.84. The van der Waals surface area contributed by atoms with Gasteiger partial charge < -0.3 is 9.80 Å². The lowest BCUT2D eigenvalue weighted by Gasteiger charge is -2.32. The highest BCUT2D eigenvalue weighted by molar-refractivity contribution is 5.83. The van der Waals surface area contributed by atoms with Crippen LogP contribution in [-0.4, -0.2) is 33.0 Å². The first kappa shape index (κ1) is 12.9. The number of anilines is 2. The minimum Gasteiger partial charge on any atom is -0.377 e. The van der Waals surface area contributed by atoms with Crippen LogP contribution in [0.4, 0.5) is 11.4 Å². The summed E-state index contributed by atoms with van der Waals surface area (Å²) in [5, 5.41) is 0.